The highest BCUT2D eigenvalue weighted by molar-refractivity contribution is 6.31. The van der Waals surface area contributed by atoms with Gasteiger partial charge in [-0.1, -0.05) is 53.5 Å². The van der Waals surface area contributed by atoms with Crippen LogP contribution in [0.3, 0.4) is 0 Å². The lowest BCUT2D eigenvalue weighted by molar-refractivity contribution is -0.142. The molecule has 1 N–H and O–H groups in total. The Labute approximate surface area is 196 Å². The predicted molar refractivity (Wildman–Crippen MR) is 127 cm³/mol. The zero-order valence-electron chi connectivity index (χ0n) is 17.3. The van der Waals surface area contributed by atoms with Crippen LogP contribution in [0.2, 0.25) is 10.0 Å². The van der Waals surface area contributed by atoms with Crippen LogP contribution in [-0.4, -0.2) is 18.5 Å². The largest absolute Gasteiger partial charge is 0.489 e. The highest BCUT2D eigenvalue weighted by Gasteiger charge is 2.07. The summed E-state index contributed by atoms with van der Waals surface area (Å²) in [6.07, 6.45) is 2.86. The van der Waals surface area contributed by atoms with Crippen LogP contribution in [0.25, 0.3) is 6.08 Å². The minimum absolute atomic E-state index is 0.397. The van der Waals surface area contributed by atoms with Gasteiger partial charge < -0.3 is 14.8 Å². The summed E-state index contributed by atoms with van der Waals surface area (Å²) in [5, 5.41) is 3.85. The number of halogens is 2. The van der Waals surface area contributed by atoms with Gasteiger partial charge in [0, 0.05) is 21.8 Å². The number of benzene rings is 3. The van der Waals surface area contributed by atoms with E-state index >= 15 is 0 Å². The normalized spacial score (nSPS) is 10.7. The van der Waals surface area contributed by atoms with Crippen LogP contribution >= 0.6 is 23.2 Å². The van der Waals surface area contributed by atoms with Crippen molar-refractivity contribution in [3.05, 3.63) is 99.5 Å². The van der Waals surface area contributed by atoms with E-state index in [0.717, 1.165) is 16.7 Å². The van der Waals surface area contributed by atoms with Gasteiger partial charge in [0.25, 0.3) is 5.91 Å². The third-order valence-electron chi connectivity index (χ3n) is 4.41. The molecule has 0 spiro atoms. The SMILES string of the molecule is Cc1ccc(NC(=O)COC(=O)C=Cc2ccc(OCc3ccc(Cl)cc3)cc2)cc1Cl. The molecule has 164 valence electrons. The summed E-state index contributed by atoms with van der Waals surface area (Å²) < 4.78 is 10.7. The molecule has 0 atom stereocenters. The molecule has 3 aromatic rings. The van der Waals surface area contributed by atoms with Crippen LogP contribution in [0.1, 0.15) is 16.7 Å². The molecular weight excluding hydrogens is 449 g/mol. The smallest absolute Gasteiger partial charge is 0.331 e. The van der Waals surface area contributed by atoms with E-state index in [4.69, 9.17) is 32.7 Å². The zero-order chi connectivity index (χ0) is 22.9. The average Bonchev–Trinajstić information content (AvgIpc) is 2.79. The van der Waals surface area contributed by atoms with Gasteiger partial charge >= 0.3 is 5.97 Å². The first-order valence-electron chi connectivity index (χ1n) is 9.77. The van der Waals surface area contributed by atoms with Crippen molar-refractivity contribution < 1.29 is 19.1 Å². The number of ether oxygens (including phenoxy) is 2. The van der Waals surface area contributed by atoms with Crippen LogP contribution in [0.5, 0.6) is 5.75 Å². The van der Waals surface area contributed by atoms with Crippen LogP contribution < -0.4 is 10.1 Å². The lowest BCUT2D eigenvalue weighted by atomic mass is 10.2. The van der Waals surface area contributed by atoms with Crippen molar-refractivity contribution in [2.24, 2.45) is 0 Å². The number of hydrogen-bond donors (Lipinski definition) is 1. The number of nitrogens with one attached hydrogen (secondary N) is 1. The minimum Gasteiger partial charge on any atom is -0.489 e. The standard InChI is InChI=1S/C25H21Cl2NO4/c1-17-2-10-21(14-23(17)27)28-24(29)16-32-25(30)13-7-18-5-11-22(12-6-18)31-15-19-3-8-20(26)9-4-19/h2-14H,15-16H2,1H3,(H,28,29). The summed E-state index contributed by atoms with van der Waals surface area (Å²) in [5.41, 5.74) is 3.24. The molecule has 7 heteroatoms. The zero-order valence-corrected chi connectivity index (χ0v) is 18.8. The van der Waals surface area contributed by atoms with Gasteiger partial charge in [0.2, 0.25) is 0 Å². The number of aryl methyl sites for hydroxylation is 1. The fourth-order valence-electron chi connectivity index (χ4n) is 2.64. The molecule has 0 aromatic heterocycles. The number of hydrogen-bond acceptors (Lipinski definition) is 4. The molecule has 3 aromatic carbocycles. The van der Waals surface area contributed by atoms with Crippen molar-refractivity contribution in [3.8, 4) is 5.75 Å². The number of anilines is 1. The first kappa shape index (κ1) is 23.4. The molecule has 0 aliphatic heterocycles. The van der Waals surface area contributed by atoms with E-state index in [-0.39, 0.29) is 0 Å². The fraction of sp³-hybridized carbons (Fsp3) is 0.120. The molecule has 0 saturated heterocycles. The van der Waals surface area contributed by atoms with Crippen LogP contribution in [-0.2, 0) is 20.9 Å². The van der Waals surface area contributed by atoms with Gasteiger partial charge in [-0.25, -0.2) is 4.79 Å². The van der Waals surface area contributed by atoms with Gasteiger partial charge in [-0.2, -0.15) is 0 Å². The minimum atomic E-state index is -0.620. The number of carbonyl (C=O) groups excluding carboxylic acids is 2. The molecule has 32 heavy (non-hydrogen) atoms. The third-order valence-corrected chi connectivity index (χ3v) is 5.07. The van der Waals surface area contributed by atoms with E-state index in [0.29, 0.717) is 28.1 Å². The Morgan fingerprint density at radius 3 is 2.38 bits per heavy atom. The summed E-state index contributed by atoms with van der Waals surface area (Å²) in [6, 6.07) is 19.8. The van der Waals surface area contributed by atoms with Crippen molar-refractivity contribution in [1.29, 1.82) is 0 Å². The van der Waals surface area contributed by atoms with Gasteiger partial charge in [-0.05, 0) is 66.1 Å². The first-order valence-corrected chi connectivity index (χ1v) is 10.5. The molecular formula is C25H21Cl2NO4. The van der Waals surface area contributed by atoms with Gasteiger partial charge in [0.15, 0.2) is 6.61 Å². The van der Waals surface area contributed by atoms with Gasteiger partial charge in [0.1, 0.15) is 12.4 Å². The van der Waals surface area contributed by atoms with Crippen LogP contribution in [0.15, 0.2) is 72.8 Å². The van der Waals surface area contributed by atoms with E-state index in [1.54, 1.807) is 36.4 Å². The molecule has 0 heterocycles. The maximum atomic E-state index is 11.9. The topological polar surface area (TPSA) is 64.6 Å². The Balaban J connectivity index is 1.42. The monoisotopic (exact) mass is 469 g/mol. The maximum Gasteiger partial charge on any atom is 0.331 e. The maximum absolute atomic E-state index is 11.9. The highest BCUT2D eigenvalue weighted by Crippen LogP contribution is 2.20. The predicted octanol–water partition coefficient (Wildman–Crippen LogP) is 6.08. The molecule has 0 bridgehead atoms. The molecule has 5 nitrogen and oxygen atoms in total. The van der Waals surface area contributed by atoms with E-state index in [2.05, 4.69) is 5.32 Å². The summed E-state index contributed by atoms with van der Waals surface area (Å²) in [5.74, 6) is -0.369. The van der Waals surface area contributed by atoms with Gasteiger partial charge in [-0.15, -0.1) is 0 Å². The van der Waals surface area contributed by atoms with Crippen molar-refractivity contribution >= 4 is 46.8 Å². The van der Waals surface area contributed by atoms with Crippen molar-refractivity contribution in [2.45, 2.75) is 13.5 Å². The number of esters is 1. The van der Waals surface area contributed by atoms with Gasteiger partial charge in [-0.3, -0.25) is 4.79 Å². The Kier molecular flexibility index (Phi) is 8.31. The first-order chi connectivity index (χ1) is 15.4. The van der Waals surface area contributed by atoms with E-state index in [9.17, 15) is 9.59 Å². The van der Waals surface area contributed by atoms with Crippen molar-refractivity contribution in [2.75, 3.05) is 11.9 Å². The highest BCUT2D eigenvalue weighted by atomic mass is 35.5. The number of amides is 1. The molecule has 0 radical (unpaired) electrons. The molecule has 0 aliphatic carbocycles. The number of carbonyl (C=O) groups is 2. The summed E-state index contributed by atoms with van der Waals surface area (Å²) in [7, 11) is 0. The average molecular weight is 470 g/mol. The third kappa shape index (κ3) is 7.45. The molecule has 0 fully saturated rings. The van der Waals surface area contributed by atoms with E-state index in [1.165, 1.54) is 6.08 Å². The second kappa shape index (κ2) is 11.4. The molecule has 3 rings (SSSR count). The summed E-state index contributed by atoms with van der Waals surface area (Å²) in [6.45, 7) is 1.89. The molecule has 0 aliphatic rings. The lowest BCUT2D eigenvalue weighted by Crippen LogP contribution is -2.20. The second-order valence-electron chi connectivity index (χ2n) is 6.94. The van der Waals surface area contributed by atoms with E-state index in [1.807, 2.05) is 43.3 Å². The van der Waals surface area contributed by atoms with E-state index < -0.39 is 18.5 Å². The van der Waals surface area contributed by atoms with Crippen LogP contribution in [0.4, 0.5) is 5.69 Å². The number of rotatable bonds is 8. The molecule has 0 saturated carbocycles. The molecule has 0 unspecified atom stereocenters. The Morgan fingerprint density at radius 1 is 0.969 bits per heavy atom. The Morgan fingerprint density at radius 2 is 1.69 bits per heavy atom. The quantitative estimate of drug-likeness (QED) is 0.320. The fourth-order valence-corrected chi connectivity index (χ4v) is 2.95. The Hall–Kier alpha value is -3.28. The van der Waals surface area contributed by atoms with Crippen LogP contribution in [0, 0.1) is 6.92 Å². The lowest BCUT2D eigenvalue weighted by Gasteiger charge is -2.07. The molecule has 1 amide bonds. The summed E-state index contributed by atoms with van der Waals surface area (Å²) in [4.78, 5) is 23.8. The van der Waals surface area contributed by atoms with Crippen molar-refractivity contribution in [1.82, 2.24) is 0 Å². The van der Waals surface area contributed by atoms with Crippen molar-refractivity contribution in [3.63, 3.8) is 0 Å². The summed E-state index contributed by atoms with van der Waals surface area (Å²) >= 11 is 11.9. The Bertz CT molecular complexity index is 1110. The second-order valence-corrected chi connectivity index (χ2v) is 7.78. The van der Waals surface area contributed by atoms with Gasteiger partial charge in [0.05, 0.1) is 0 Å².